The first-order valence-corrected chi connectivity index (χ1v) is 7.29. The first-order chi connectivity index (χ1) is 10.6. The maximum absolute atomic E-state index is 10.8. The molecule has 0 amide bonds. The van der Waals surface area contributed by atoms with Crippen LogP contribution in [-0.2, 0) is 0 Å². The van der Waals surface area contributed by atoms with Crippen LogP contribution >= 0.6 is 11.6 Å². The number of aromatic nitrogens is 1. The third-order valence-corrected chi connectivity index (χ3v) is 4.02. The van der Waals surface area contributed by atoms with Crippen molar-refractivity contribution in [2.24, 2.45) is 0 Å². The number of hydrogen-bond donors (Lipinski definition) is 1. The van der Waals surface area contributed by atoms with Crippen molar-refractivity contribution in [3.8, 4) is 16.9 Å². The molecule has 0 spiro atoms. The summed E-state index contributed by atoms with van der Waals surface area (Å²) in [7, 11) is 0. The predicted molar refractivity (Wildman–Crippen MR) is 88.4 cm³/mol. The fourth-order valence-electron chi connectivity index (χ4n) is 2.80. The number of benzene rings is 3. The van der Waals surface area contributed by atoms with Gasteiger partial charge in [0.2, 0.25) is 0 Å². The summed E-state index contributed by atoms with van der Waals surface area (Å²) in [6, 6.07) is 14.9. The Balaban J connectivity index is 2.20. The van der Waals surface area contributed by atoms with Gasteiger partial charge >= 0.3 is 0 Å². The van der Waals surface area contributed by atoms with Crippen LogP contribution in [0.2, 0.25) is 5.02 Å². The summed E-state index contributed by atoms with van der Waals surface area (Å²) >= 11 is 5.96. The molecule has 22 heavy (non-hydrogen) atoms. The normalized spacial score (nSPS) is 11.4. The van der Waals surface area contributed by atoms with E-state index in [-0.39, 0.29) is 5.75 Å². The molecule has 108 valence electrons. The molecule has 0 bridgehead atoms. The van der Waals surface area contributed by atoms with Crippen LogP contribution in [0.4, 0.5) is 0 Å². The average Bonchev–Trinajstić information content (AvgIpc) is 2.91. The van der Waals surface area contributed by atoms with E-state index in [1.54, 1.807) is 19.1 Å². The summed E-state index contributed by atoms with van der Waals surface area (Å²) in [5, 5.41) is 13.0. The molecule has 1 heterocycles. The highest BCUT2D eigenvalue weighted by atomic mass is 35.5. The van der Waals surface area contributed by atoms with Crippen LogP contribution in [-0.4, -0.2) is 10.1 Å². The Morgan fingerprint density at radius 1 is 1.00 bits per heavy atom. The molecule has 4 rings (SSSR count). The third-order valence-electron chi connectivity index (χ3n) is 3.77. The Labute approximate surface area is 131 Å². The highest BCUT2D eigenvalue weighted by molar-refractivity contribution is 6.30. The Hall–Kier alpha value is -2.52. The third kappa shape index (κ3) is 1.86. The van der Waals surface area contributed by atoms with Crippen molar-refractivity contribution in [3.05, 3.63) is 59.4 Å². The molecular formula is C18H12ClNO2. The maximum atomic E-state index is 10.8. The number of phenolic OH excluding ortho intramolecular Hbond substituents is 1. The molecule has 0 unspecified atom stereocenters. The van der Waals surface area contributed by atoms with Gasteiger partial charge in [0.1, 0.15) is 11.3 Å². The zero-order valence-electron chi connectivity index (χ0n) is 11.8. The lowest BCUT2D eigenvalue weighted by Crippen LogP contribution is -1.85. The van der Waals surface area contributed by atoms with Crippen molar-refractivity contribution >= 4 is 33.5 Å². The van der Waals surface area contributed by atoms with Crippen LogP contribution in [0, 0.1) is 6.92 Å². The van der Waals surface area contributed by atoms with E-state index < -0.39 is 0 Å². The first-order valence-electron chi connectivity index (χ1n) is 6.92. The van der Waals surface area contributed by atoms with Crippen molar-refractivity contribution in [2.45, 2.75) is 6.92 Å². The molecule has 1 aromatic heterocycles. The molecule has 0 saturated heterocycles. The van der Waals surface area contributed by atoms with E-state index in [1.165, 1.54) is 0 Å². The molecule has 0 saturated carbocycles. The zero-order chi connectivity index (χ0) is 15.3. The van der Waals surface area contributed by atoms with Gasteiger partial charge in [-0.05, 0) is 17.7 Å². The Kier molecular flexibility index (Phi) is 2.84. The van der Waals surface area contributed by atoms with Gasteiger partial charge in [-0.15, -0.1) is 0 Å². The SMILES string of the molecule is Cc1nc2c(-c3ccc(Cl)cc3)c(O)c3ccccc3c2o1. The molecule has 0 aliphatic rings. The second kappa shape index (κ2) is 4.75. The molecular weight excluding hydrogens is 298 g/mol. The van der Waals surface area contributed by atoms with Gasteiger partial charge in [-0.2, -0.15) is 0 Å². The molecule has 3 nitrogen and oxygen atoms in total. The number of fused-ring (bicyclic) bond motifs is 3. The molecule has 0 atom stereocenters. The summed E-state index contributed by atoms with van der Waals surface area (Å²) in [4.78, 5) is 4.46. The standard InChI is InChI=1S/C18H12ClNO2/c1-10-20-16-15(11-6-8-12(19)9-7-11)17(21)13-4-2-3-5-14(13)18(16)22-10/h2-9,21H,1H3. The Morgan fingerprint density at radius 2 is 1.68 bits per heavy atom. The van der Waals surface area contributed by atoms with E-state index in [4.69, 9.17) is 16.0 Å². The highest BCUT2D eigenvalue weighted by Gasteiger charge is 2.19. The number of phenols is 1. The monoisotopic (exact) mass is 309 g/mol. The van der Waals surface area contributed by atoms with Crippen LogP contribution in [0.25, 0.3) is 33.0 Å². The molecule has 3 aromatic carbocycles. The minimum atomic E-state index is 0.207. The quantitative estimate of drug-likeness (QED) is 0.518. The van der Waals surface area contributed by atoms with Crippen molar-refractivity contribution < 1.29 is 9.52 Å². The Bertz CT molecular complexity index is 1000. The summed E-state index contributed by atoms with van der Waals surface area (Å²) < 4.78 is 5.77. The van der Waals surface area contributed by atoms with Gasteiger partial charge in [0.25, 0.3) is 0 Å². The number of oxazole rings is 1. The number of aromatic hydroxyl groups is 1. The fourth-order valence-corrected chi connectivity index (χ4v) is 2.93. The molecule has 4 aromatic rings. The van der Waals surface area contributed by atoms with E-state index in [1.807, 2.05) is 36.4 Å². The molecule has 0 aliphatic carbocycles. The van der Waals surface area contributed by atoms with E-state index >= 15 is 0 Å². The lowest BCUT2D eigenvalue weighted by Gasteiger charge is -2.09. The van der Waals surface area contributed by atoms with Crippen molar-refractivity contribution in [1.29, 1.82) is 0 Å². The second-order valence-corrected chi connectivity index (χ2v) is 5.62. The lowest BCUT2D eigenvalue weighted by molar-refractivity contribution is 0.484. The van der Waals surface area contributed by atoms with Gasteiger partial charge in [0.05, 0.1) is 5.56 Å². The molecule has 1 N–H and O–H groups in total. The minimum Gasteiger partial charge on any atom is -0.507 e. The van der Waals surface area contributed by atoms with Gasteiger partial charge in [0.15, 0.2) is 11.5 Å². The topological polar surface area (TPSA) is 46.3 Å². The van der Waals surface area contributed by atoms with Crippen LogP contribution in [0.15, 0.2) is 52.9 Å². The summed E-state index contributed by atoms with van der Waals surface area (Å²) in [5.74, 6) is 0.777. The second-order valence-electron chi connectivity index (χ2n) is 5.19. The Morgan fingerprint density at radius 3 is 2.41 bits per heavy atom. The summed E-state index contributed by atoms with van der Waals surface area (Å²) in [6.07, 6.45) is 0. The molecule has 4 heteroatoms. The van der Waals surface area contributed by atoms with E-state index in [9.17, 15) is 5.11 Å². The number of hydrogen-bond acceptors (Lipinski definition) is 3. The van der Waals surface area contributed by atoms with Crippen LogP contribution in [0.5, 0.6) is 5.75 Å². The van der Waals surface area contributed by atoms with Crippen molar-refractivity contribution in [3.63, 3.8) is 0 Å². The largest absolute Gasteiger partial charge is 0.507 e. The summed E-state index contributed by atoms with van der Waals surface area (Å²) in [5.41, 5.74) is 2.88. The van der Waals surface area contributed by atoms with Crippen LogP contribution in [0.1, 0.15) is 5.89 Å². The number of aryl methyl sites for hydroxylation is 1. The van der Waals surface area contributed by atoms with Gasteiger partial charge in [-0.3, -0.25) is 0 Å². The van der Waals surface area contributed by atoms with Crippen LogP contribution in [0.3, 0.4) is 0 Å². The fraction of sp³-hybridized carbons (Fsp3) is 0.0556. The van der Waals surface area contributed by atoms with Gasteiger partial charge < -0.3 is 9.52 Å². The van der Waals surface area contributed by atoms with E-state index in [0.29, 0.717) is 27.6 Å². The summed E-state index contributed by atoms with van der Waals surface area (Å²) in [6.45, 7) is 1.80. The molecule has 0 fully saturated rings. The smallest absolute Gasteiger partial charge is 0.192 e. The van der Waals surface area contributed by atoms with Gasteiger partial charge in [-0.25, -0.2) is 4.98 Å². The van der Waals surface area contributed by atoms with Crippen LogP contribution < -0.4 is 0 Å². The van der Waals surface area contributed by atoms with E-state index in [2.05, 4.69) is 4.98 Å². The van der Waals surface area contributed by atoms with Gasteiger partial charge in [0, 0.05) is 22.7 Å². The van der Waals surface area contributed by atoms with Gasteiger partial charge in [-0.1, -0.05) is 48.0 Å². The number of halogens is 1. The average molecular weight is 310 g/mol. The van der Waals surface area contributed by atoms with E-state index in [0.717, 1.165) is 16.3 Å². The first kappa shape index (κ1) is 13.2. The van der Waals surface area contributed by atoms with Crippen molar-refractivity contribution in [1.82, 2.24) is 4.98 Å². The lowest BCUT2D eigenvalue weighted by atomic mass is 9.98. The van der Waals surface area contributed by atoms with Crippen molar-refractivity contribution in [2.75, 3.05) is 0 Å². The number of rotatable bonds is 1. The zero-order valence-corrected chi connectivity index (χ0v) is 12.6. The minimum absolute atomic E-state index is 0.207. The molecule has 0 aliphatic heterocycles. The highest BCUT2D eigenvalue weighted by Crippen LogP contribution is 2.43. The maximum Gasteiger partial charge on any atom is 0.192 e. The predicted octanol–water partition coefficient (Wildman–Crippen LogP) is 5.32. The number of nitrogens with zero attached hydrogens (tertiary/aromatic N) is 1. The molecule has 0 radical (unpaired) electrons.